The van der Waals surface area contributed by atoms with Gasteiger partial charge in [0.15, 0.2) is 11.5 Å². The molecule has 1 heterocycles. The first-order chi connectivity index (χ1) is 24.0. The molecule has 0 unspecified atom stereocenters. The molecule has 0 aliphatic carbocycles. The van der Waals surface area contributed by atoms with Crippen molar-refractivity contribution >= 4 is 28.1 Å². The first-order valence-corrected chi connectivity index (χ1v) is 16.2. The summed E-state index contributed by atoms with van der Waals surface area (Å²) < 4.78 is 13.3. The standard InChI is InChI=1S/C41H36N6O2/c1-28-21-32(40(48-26-30-13-5-3-6-14-30)38(23-28)44-43-35-18-10-9-17-34(35)42)25-33-22-29(2)24-39(41(33)49-27-31-15-7-4-8-16-31)47-45-36-19-11-12-20-37(36)46-47/h3-24H,25-27,42H2,1-2H3. The number of aryl methyl sites for hydroxylation is 2. The number of rotatable bonds is 11. The fourth-order valence-corrected chi connectivity index (χ4v) is 5.79. The van der Waals surface area contributed by atoms with Crippen LogP contribution < -0.4 is 15.2 Å². The Balaban J connectivity index is 1.34. The van der Waals surface area contributed by atoms with Gasteiger partial charge in [-0.25, -0.2) is 0 Å². The predicted octanol–water partition coefficient (Wildman–Crippen LogP) is 9.78. The monoisotopic (exact) mass is 644 g/mol. The molecule has 8 heteroatoms. The van der Waals surface area contributed by atoms with Gasteiger partial charge < -0.3 is 15.2 Å². The van der Waals surface area contributed by atoms with E-state index in [1.807, 2.05) is 110 Å². The van der Waals surface area contributed by atoms with E-state index in [9.17, 15) is 0 Å². The molecule has 8 nitrogen and oxygen atoms in total. The van der Waals surface area contributed by atoms with Crippen LogP contribution in [-0.2, 0) is 19.6 Å². The number of benzene rings is 6. The van der Waals surface area contributed by atoms with Crippen LogP contribution in [0.4, 0.5) is 17.1 Å². The number of azo groups is 1. The highest BCUT2D eigenvalue weighted by Gasteiger charge is 2.20. The zero-order valence-corrected chi connectivity index (χ0v) is 27.5. The summed E-state index contributed by atoms with van der Waals surface area (Å²) in [5, 5.41) is 18.8. The molecule has 0 saturated heterocycles. The van der Waals surface area contributed by atoms with Gasteiger partial charge >= 0.3 is 0 Å². The molecule has 0 radical (unpaired) electrons. The number of hydrogen-bond acceptors (Lipinski definition) is 7. The lowest BCUT2D eigenvalue weighted by Gasteiger charge is -2.19. The Bertz CT molecular complexity index is 2210. The zero-order chi connectivity index (χ0) is 33.6. The molecule has 0 spiro atoms. The average Bonchev–Trinajstić information content (AvgIpc) is 3.56. The second-order valence-electron chi connectivity index (χ2n) is 12.0. The SMILES string of the molecule is Cc1cc(Cc2cc(C)cc(-n3nc4ccccc4n3)c2OCc2ccccc2)c(OCc2ccccc2)c(N=Nc2ccccc2N)c1. The number of anilines is 1. The van der Waals surface area contributed by atoms with Crippen LogP contribution in [0.5, 0.6) is 11.5 Å². The van der Waals surface area contributed by atoms with Gasteiger partial charge in [-0.15, -0.1) is 25.2 Å². The quantitative estimate of drug-likeness (QED) is 0.112. The first kappa shape index (κ1) is 31.3. The van der Waals surface area contributed by atoms with E-state index < -0.39 is 0 Å². The number of ether oxygens (including phenoxy) is 2. The van der Waals surface area contributed by atoms with Crippen LogP contribution in [0.3, 0.4) is 0 Å². The van der Waals surface area contributed by atoms with Crippen LogP contribution in [0.1, 0.15) is 33.4 Å². The van der Waals surface area contributed by atoms with E-state index >= 15 is 0 Å². The van der Waals surface area contributed by atoms with Crippen LogP contribution in [0, 0.1) is 13.8 Å². The summed E-state index contributed by atoms with van der Waals surface area (Å²) in [6, 6.07) is 43.9. The van der Waals surface area contributed by atoms with Crippen molar-refractivity contribution in [1.29, 1.82) is 0 Å². The van der Waals surface area contributed by atoms with E-state index in [-0.39, 0.29) is 0 Å². The van der Waals surface area contributed by atoms with Crippen LogP contribution in [0.25, 0.3) is 16.7 Å². The number of hydrogen-bond donors (Lipinski definition) is 1. The molecule has 2 N–H and O–H groups in total. The van der Waals surface area contributed by atoms with Crippen LogP contribution >= 0.6 is 0 Å². The normalized spacial score (nSPS) is 11.3. The summed E-state index contributed by atoms with van der Waals surface area (Å²) in [5.41, 5.74) is 16.5. The summed E-state index contributed by atoms with van der Waals surface area (Å²) in [7, 11) is 0. The minimum Gasteiger partial charge on any atom is -0.486 e. The van der Waals surface area contributed by atoms with Crippen molar-refractivity contribution < 1.29 is 9.47 Å². The molecule has 49 heavy (non-hydrogen) atoms. The Labute approximate surface area is 285 Å². The Morgan fingerprint density at radius 2 is 1.08 bits per heavy atom. The molecule has 7 aromatic rings. The van der Waals surface area contributed by atoms with Gasteiger partial charge in [0.05, 0.1) is 5.69 Å². The predicted molar refractivity (Wildman–Crippen MR) is 194 cm³/mol. The summed E-state index contributed by atoms with van der Waals surface area (Å²) >= 11 is 0. The van der Waals surface area contributed by atoms with E-state index in [0.717, 1.165) is 50.1 Å². The van der Waals surface area contributed by atoms with Crippen molar-refractivity contribution in [3.05, 3.63) is 167 Å². The topological polar surface area (TPSA) is 99.9 Å². The largest absolute Gasteiger partial charge is 0.486 e. The minimum atomic E-state index is 0.368. The van der Waals surface area contributed by atoms with E-state index in [0.29, 0.717) is 48.2 Å². The lowest BCUT2D eigenvalue weighted by Crippen LogP contribution is -2.08. The first-order valence-electron chi connectivity index (χ1n) is 16.2. The van der Waals surface area contributed by atoms with E-state index in [1.165, 1.54) is 0 Å². The van der Waals surface area contributed by atoms with Gasteiger partial charge in [-0.05, 0) is 72.5 Å². The van der Waals surface area contributed by atoms with Crippen LogP contribution in [-0.4, -0.2) is 15.0 Å². The Hall–Kier alpha value is -6.28. The van der Waals surface area contributed by atoms with Crippen molar-refractivity contribution in [1.82, 2.24) is 15.0 Å². The average molecular weight is 645 g/mol. The Kier molecular flexibility index (Phi) is 9.10. The van der Waals surface area contributed by atoms with Gasteiger partial charge in [-0.3, -0.25) is 0 Å². The number of para-hydroxylation sites is 1. The fourth-order valence-electron chi connectivity index (χ4n) is 5.79. The summed E-state index contributed by atoms with van der Waals surface area (Å²) in [6.45, 7) is 4.87. The second-order valence-corrected chi connectivity index (χ2v) is 12.0. The molecule has 0 bridgehead atoms. The van der Waals surface area contributed by atoms with Gasteiger partial charge in [0, 0.05) is 17.5 Å². The van der Waals surface area contributed by atoms with Crippen LogP contribution in [0.15, 0.2) is 144 Å². The van der Waals surface area contributed by atoms with Crippen molar-refractivity contribution in [3.8, 4) is 17.2 Å². The molecule has 242 valence electrons. The molecule has 0 amide bonds. The third-order valence-corrected chi connectivity index (χ3v) is 8.12. The summed E-state index contributed by atoms with van der Waals surface area (Å²) in [6.07, 6.45) is 0.501. The number of nitrogens with two attached hydrogens (primary N) is 1. The molecule has 0 atom stereocenters. The van der Waals surface area contributed by atoms with Crippen molar-refractivity contribution in [2.24, 2.45) is 10.2 Å². The molecule has 1 aromatic heterocycles. The second kappa shape index (κ2) is 14.2. The Morgan fingerprint density at radius 1 is 0.571 bits per heavy atom. The van der Waals surface area contributed by atoms with Crippen molar-refractivity contribution in [2.45, 2.75) is 33.5 Å². The molecule has 0 fully saturated rings. The van der Waals surface area contributed by atoms with Gasteiger partial charge in [-0.1, -0.05) is 97.1 Å². The molecule has 0 aliphatic heterocycles. The molecule has 0 aliphatic rings. The molecular weight excluding hydrogens is 608 g/mol. The molecule has 7 rings (SSSR count). The minimum absolute atomic E-state index is 0.368. The van der Waals surface area contributed by atoms with Crippen molar-refractivity contribution in [2.75, 3.05) is 5.73 Å². The van der Waals surface area contributed by atoms with E-state index in [2.05, 4.69) is 47.5 Å². The van der Waals surface area contributed by atoms with Gasteiger partial charge in [0.2, 0.25) is 0 Å². The van der Waals surface area contributed by atoms with Gasteiger partial charge in [0.1, 0.15) is 41.3 Å². The summed E-state index contributed by atoms with van der Waals surface area (Å²) in [5.74, 6) is 1.35. The number of aromatic nitrogens is 3. The number of nitrogen functional groups attached to an aromatic ring is 1. The van der Waals surface area contributed by atoms with E-state index in [4.69, 9.17) is 25.4 Å². The smallest absolute Gasteiger partial charge is 0.150 e. The lowest BCUT2D eigenvalue weighted by molar-refractivity contribution is 0.299. The zero-order valence-electron chi connectivity index (χ0n) is 27.5. The third kappa shape index (κ3) is 7.34. The van der Waals surface area contributed by atoms with Gasteiger partial charge in [-0.2, -0.15) is 0 Å². The maximum absolute atomic E-state index is 6.68. The van der Waals surface area contributed by atoms with Crippen LogP contribution in [0.2, 0.25) is 0 Å². The fraction of sp³-hybridized carbons (Fsp3) is 0.122. The molecule has 6 aromatic carbocycles. The lowest BCUT2D eigenvalue weighted by atomic mass is 9.98. The van der Waals surface area contributed by atoms with Crippen molar-refractivity contribution in [3.63, 3.8) is 0 Å². The number of fused-ring (bicyclic) bond motifs is 1. The maximum atomic E-state index is 6.68. The highest BCUT2D eigenvalue weighted by molar-refractivity contribution is 5.74. The number of nitrogens with zero attached hydrogens (tertiary/aromatic N) is 5. The van der Waals surface area contributed by atoms with Gasteiger partial charge in [0.25, 0.3) is 0 Å². The maximum Gasteiger partial charge on any atom is 0.150 e. The Morgan fingerprint density at radius 3 is 1.71 bits per heavy atom. The third-order valence-electron chi connectivity index (χ3n) is 8.12. The highest BCUT2D eigenvalue weighted by Crippen LogP contribution is 2.39. The molecular formula is C41H36N6O2. The molecule has 0 saturated carbocycles. The van der Waals surface area contributed by atoms with E-state index in [1.54, 1.807) is 4.80 Å². The highest BCUT2D eigenvalue weighted by atomic mass is 16.5. The summed E-state index contributed by atoms with van der Waals surface area (Å²) in [4.78, 5) is 1.68.